The van der Waals surface area contributed by atoms with Crippen LogP contribution in [0.1, 0.15) is 12.5 Å². The molecule has 0 saturated carbocycles. The summed E-state index contributed by atoms with van der Waals surface area (Å²) in [6.07, 6.45) is 2.89. The van der Waals surface area contributed by atoms with E-state index in [-0.39, 0.29) is 5.78 Å². The van der Waals surface area contributed by atoms with Crippen LogP contribution in [0.25, 0.3) is 0 Å². The molecule has 1 heterocycles. The van der Waals surface area contributed by atoms with Gasteiger partial charge in [-0.1, -0.05) is 18.2 Å². The SMILES string of the molecule is COC(=O)C1=CC(=O)C=C2Nc3ccccc3C21C. The van der Waals surface area contributed by atoms with E-state index in [0.29, 0.717) is 5.57 Å². The summed E-state index contributed by atoms with van der Waals surface area (Å²) < 4.78 is 4.81. The van der Waals surface area contributed by atoms with E-state index in [9.17, 15) is 9.59 Å². The van der Waals surface area contributed by atoms with Gasteiger partial charge < -0.3 is 10.1 Å². The zero-order chi connectivity index (χ0) is 13.6. The van der Waals surface area contributed by atoms with Gasteiger partial charge in [-0.15, -0.1) is 0 Å². The number of carbonyl (C=O) groups excluding carboxylic acids is 2. The lowest BCUT2D eigenvalue weighted by Crippen LogP contribution is -2.33. The molecule has 2 aliphatic rings. The molecule has 19 heavy (non-hydrogen) atoms. The number of benzene rings is 1. The number of ether oxygens (including phenoxy) is 1. The number of methoxy groups -OCH3 is 1. The van der Waals surface area contributed by atoms with Crippen LogP contribution < -0.4 is 5.32 Å². The van der Waals surface area contributed by atoms with Gasteiger partial charge in [0.15, 0.2) is 5.78 Å². The largest absolute Gasteiger partial charge is 0.466 e. The van der Waals surface area contributed by atoms with Crippen LogP contribution >= 0.6 is 0 Å². The van der Waals surface area contributed by atoms with Gasteiger partial charge in [-0.25, -0.2) is 4.79 Å². The molecule has 0 spiro atoms. The summed E-state index contributed by atoms with van der Waals surface area (Å²) >= 11 is 0. The quantitative estimate of drug-likeness (QED) is 0.779. The van der Waals surface area contributed by atoms with E-state index in [4.69, 9.17) is 4.74 Å². The van der Waals surface area contributed by atoms with Crippen molar-refractivity contribution in [1.82, 2.24) is 0 Å². The standard InChI is InChI=1S/C15H13NO3/c1-15-10-5-3-4-6-12(10)16-13(15)8-9(17)7-11(15)14(18)19-2/h3-8,16H,1-2H3. The van der Waals surface area contributed by atoms with Gasteiger partial charge in [0, 0.05) is 17.5 Å². The number of para-hydroxylation sites is 1. The fourth-order valence-corrected chi connectivity index (χ4v) is 2.76. The molecule has 96 valence electrons. The molecule has 1 aromatic carbocycles. The first-order valence-electron chi connectivity index (χ1n) is 6.00. The molecule has 0 bridgehead atoms. The molecule has 1 aromatic rings. The van der Waals surface area contributed by atoms with Crippen LogP contribution in [-0.4, -0.2) is 18.9 Å². The van der Waals surface area contributed by atoms with Crippen molar-refractivity contribution in [1.29, 1.82) is 0 Å². The number of hydrogen-bond acceptors (Lipinski definition) is 4. The summed E-state index contributed by atoms with van der Waals surface area (Å²) in [5, 5.41) is 3.21. The minimum atomic E-state index is -0.641. The average Bonchev–Trinajstić information content (AvgIpc) is 2.70. The van der Waals surface area contributed by atoms with Crippen molar-refractivity contribution in [3.8, 4) is 0 Å². The van der Waals surface area contributed by atoms with Gasteiger partial charge >= 0.3 is 5.97 Å². The molecular weight excluding hydrogens is 242 g/mol. The molecule has 1 N–H and O–H groups in total. The zero-order valence-electron chi connectivity index (χ0n) is 10.7. The molecule has 1 aliphatic heterocycles. The van der Waals surface area contributed by atoms with Crippen LogP contribution in [-0.2, 0) is 19.7 Å². The van der Waals surface area contributed by atoms with E-state index in [1.54, 1.807) is 0 Å². The van der Waals surface area contributed by atoms with Crippen molar-refractivity contribution >= 4 is 17.4 Å². The Kier molecular flexibility index (Phi) is 2.35. The number of esters is 1. The molecule has 4 nitrogen and oxygen atoms in total. The van der Waals surface area contributed by atoms with Gasteiger partial charge in [0.25, 0.3) is 0 Å². The summed E-state index contributed by atoms with van der Waals surface area (Å²) in [5.74, 6) is -0.673. The maximum atomic E-state index is 12.0. The Morgan fingerprint density at radius 2 is 2.00 bits per heavy atom. The molecule has 3 rings (SSSR count). The van der Waals surface area contributed by atoms with Crippen LogP contribution in [0.4, 0.5) is 5.69 Å². The second-order valence-electron chi connectivity index (χ2n) is 4.81. The highest BCUT2D eigenvalue weighted by atomic mass is 16.5. The molecule has 0 radical (unpaired) electrons. The van der Waals surface area contributed by atoms with E-state index < -0.39 is 11.4 Å². The monoisotopic (exact) mass is 255 g/mol. The third-order valence-electron chi connectivity index (χ3n) is 3.79. The van der Waals surface area contributed by atoms with E-state index in [0.717, 1.165) is 16.9 Å². The Hall–Kier alpha value is -2.36. The molecule has 0 amide bonds. The smallest absolute Gasteiger partial charge is 0.335 e. The highest BCUT2D eigenvalue weighted by Gasteiger charge is 2.47. The lowest BCUT2D eigenvalue weighted by Gasteiger charge is -2.30. The highest BCUT2D eigenvalue weighted by molar-refractivity contribution is 6.10. The minimum absolute atomic E-state index is 0.201. The summed E-state index contributed by atoms with van der Waals surface area (Å²) in [6, 6.07) is 7.71. The number of nitrogens with one attached hydrogen (secondary N) is 1. The van der Waals surface area contributed by atoms with Crippen molar-refractivity contribution in [3.05, 3.63) is 53.3 Å². The summed E-state index contributed by atoms with van der Waals surface area (Å²) in [6.45, 7) is 1.92. The molecule has 1 unspecified atom stereocenters. The van der Waals surface area contributed by atoms with Gasteiger partial charge in [0.2, 0.25) is 0 Å². The van der Waals surface area contributed by atoms with Gasteiger partial charge in [-0.3, -0.25) is 4.79 Å². The maximum Gasteiger partial charge on any atom is 0.335 e. The third kappa shape index (κ3) is 1.46. The fourth-order valence-electron chi connectivity index (χ4n) is 2.76. The topological polar surface area (TPSA) is 55.4 Å². The second-order valence-corrected chi connectivity index (χ2v) is 4.81. The Morgan fingerprint density at radius 1 is 1.26 bits per heavy atom. The van der Waals surface area contributed by atoms with Crippen molar-refractivity contribution < 1.29 is 14.3 Å². The predicted molar refractivity (Wildman–Crippen MR) is 70.6 cm³/mol. The Morgan fingerprint density at radius 3 is 2.74 bits per heavy atom. The molecule has 1 atom stereocenters. The summed E-state index contributed by atoms with van der Waals surface area (Å²) in [7, 11) is 1.32. The summed E-state index contributed by atoms with van der Waals surface area (Å²) in [4.78, 5) is 23.7. The van der Waals surface area contributed by atoms with Crippen LogP contribution in [0, 0.1) is 0 Å². The third-order valence-corrected chi connectivity index (χ3v) is 3.79. The number of carbonyl (C=O) groups is 2. The Balaban J connectivity index is 2.24. The number of allylic oxidation sites excluding steroid dienone is 3. The van der Waals surface area contributed by atoms with Crippen molar-refractivity contribution in [2.75, 3.05) is 12.4 Å². The first-order valence-corrected chi connectivity index (χ1v) is 6.00. The van der Waals surface area contributed by atoms with Crippen LogP contribution in [0.2, 0.25) is 0 Å². The van der Waals surface area contributed by atoms with Gasteiger partial charge in [0.05, 0.1) is 18.1 Å². The normalized spacial score (nSPS) is 23.8. The minimum Gasteiger partial charge on any atom is -0.466 e. The van der Waals surface area contributed by atoms with E-state index in [1.165, 1.54) is 19.3 Å². The number of rotatable bonds is 1. The lowest BCUT2D eigenvalue weighted by molar-refractivity contribution is -0.137. The fraction of sp³-hybridized carbons (Fsp3) is 0.200. The first-order chi connectivity index (χ1) is 9.07. The number of fused-ring (bicyclic) bond motifs is 3. The molecule has 0 aromatic heterocycles. The van der Waals surface area contributed by atoms with Crippen LogP contribution in [0.3, 0.4) is 0 Å². The number of hydrogen-bond donors (Lipinski definition) is 1. The lowest BCUT2D eigenvalue weighted by atomic mass is 9.72. The molecule has 4 heteroatoms. The predicted octanol–water partition coefficient (Wildman–Crippen LogP) is 1.94. The molecule has 0 saturated heterocycles. The van der Waals surface area contributed by atoms with Crippen molar-refractivity contribution in [3.63, 3.8) is 0 Å². The number of anilines is 1. The van der Waals surface area contributed by atoms with Crippen molar-refractivity contribution in [2.45, 2.75) is 12.3 Å². The van der Waals surface area contributed by atoms with Gasteiger partial charge in [0.1, 0.15) is 0 Å². The van der Waals surface area contributed by atoms with E-state index in [2.05, 4.69) is 5.32 Å². The van der Waals surface area contributed by atoms with Crippen molar-refractivity contribution in [2.24, 2.45) is 0 Å². The van der Waals surface area contributed by atoms with E-state index in [1.807, 2.05) is 31.2 Å². The van der Waals surface area contributed by atoms with E-state index >= 15 is 0 Å². The zero-order valence-corrected chi connectivity index (χ0v) is 10.7. The highest BCUT2D eigenvalue weighted by Crippen LogP contribution is 2.49. The Labute approximate surface area is 110 Å². The van der Waals surface area contributed by atoms with Gasteiger partial charge in [-0.05, 0) is 24.6 Å². The Bertz CT molecular complexity index is 657. The summed E-state index contributed by atoms with van der Waals surface area (Å²) in [5.41, 5.74) is 2.35. The van der Waals surface area contributed by atoms with Gasteiger partial charge in [-0.2, -0.15) is 0 Å². The molecular formula is C15H13NO3. The second kappa shape index (κ2) is 3.82. The number of ketones is 1. The first kappa shape index (κ1) is 11.7. The van der Waals surface area contributed by atoms with Crippen LogP contribution in [0.5, 0.6) is 0 Å². The average molecular weight is 255 g/mol. The maximum absolute atomic E-state index is 12.0. The molecule has 1 aliphatic carbocycles. The van der Waals surface area contributed by atoms with Crippen LogP contribution in [0.15, 0.2) is 47.7 Å². The molecule has 0 fully saturated rings.